The molecule has 150 valence electrons. The number of hydrogen-bond donors (Lipinski definition) is 1. The molecular weight excluding hydrogens is 376 g/mol. The molecule has 0 radical (unpaired) electrons. The molecule has 0 unspecified atom stereocenters. The first-order valence-corrected chi connectivity index (χ1v) is 9.57. The Morgan fingerprint density at radius 2 is 1.97 bits per heavy atom. The van der Waals surface area contributed by atoms with Gasteiger partial charge in [0.1, 0.15) is 24.5 Å². The summed E-state index contributed by atoms with van der Waals surface area (Å²) in [6, 6.07) is 19.4. The van der Waals surface area contributed by atoms with E-state index in [9.17, 15) is 0 Å². The summed E-state index contributed by atoms with van der Waals surface area (Å²) >= 11 is 0. The number of fused-ring (bicyclic) bond motifs is 1. The van der Waals surface area contributed by atoms with Crippen LogP contribution in [0, 0.1) is 6.92 Å². The third kappa shape index (κ3) is 4.88. The molecule has 3 aromatic heterocycles. The fourth-order valence-electron chi connectivity index (χ4n) is 2.90. The average molecular weight is 398 g/mol. The van der Waals surface area contributed by atoms with E-state index in [1.165, 1.54) is 6.33 Å². The van der Waals surface area contributed by atoms with Crippen molar-refractivity contribution < 1.29 is 4.74 Å². The summed E-state index contributed by atoms with van der Waals surface area (Å²) in [6.07, 6.45) is 3.39. The molecule has 0 atom stereocenters. The Morgan fingerprint density at radius 3 is 2.80 bits per heavy atom. The van der Waals surface area contributed by atoms with Gasteiger partial charge in [-0.05, 0) is 43.3 Å². The third-order valence-electron chi connectivity index (χ3n) is 4.41. The molecular formula is C23H22N6O. The van der Waals surface area contributed by atoms with E-state index in [0.29, 0.717) is 18.1 Å². The molecule has 1 N–H and O–H groups in total. The fourth-order valence-corrected chi connectivity index (χ4v) is 2.90. The lowest BCUT2D eigenvalue weighted by molar-refractivity contribution is 0.373. The van der Waals surface area contributed by atoms with Crippen molar-refractivity contribution >= 4 is 17.2 Å². The second kappa shape index (κ2) is 9.00. The number of benzene rings is 1. The van der Waals surface area contributed by atoms with Crippen molar-refractivity contribution in [3.63, 3.8) is 0 Å². The predicted octanol–water partition coefficient (Wildman–Crippen LogP) is 3.67. The van der Waals surface area contributed by atoms with Crippen molar-refractivity contribution in [3.05, 3.63) is 96.7 Å². The number of ether oxygens (including phenoxy) is 1. The number of para-hydroxylation sites is 1. The highest BCUT2D eigenvalue weighted by molar-refractivity contribution is 5.91. The van der Waals surface area contributed by atoms with E-state index >= 15 is 0 Å². The zero-order chi connectivity index (χ0) is 20.8. The topological polar surface area (TPSA) is 76.7 Å². The number of rotatable bonds is 7. The molecule has 0 spiro atoms. The van der Waals surface area contributed by atoms with Crippen LogP contribution in [0.5, 0.6) is 5.75 Å². The summed E-state index contributed by atoms with van der Waals surface area (Å²) in [5.74, 6) is 1.43. The quantitative estimate of drug-likeness (QED) is 0.380. The summed E-state index contributed by atoms with van der Waals surface area (Å²) in [5.41, 5.74) is 4.21. The van der Waals surface area contributed by atoms with Crippen LogP contribution in [-0.4, -0.2) is 32.0 Å². The molecule has 7 heteroatoms. The minimum absolute atomic E-state index is 0.278. The predicted molar refractivity (Wildman–Crippen MR) is 117 cm³/mol. The normalized spacial score (nSPS) is 11.4. The van der Waals surface area contributed by atoms with Crippen LogP contribution >= 0.6 is 0 Å². The van der Waals surface area contributed by atoms with Crippen LogP contribution in [0.1, 0.15) is 17.0 Å². The van der Waals surface area contributed by atoms with Crippen molar-refractivity contribution in [2.45, 2.75) is 13.5 Å². The molecule has 7 nitrogen and oxygen atoms in total. The molecule has 4 aromatic rings. The number of aromatic nitrogens is 4. The fraction of sp³-hybridized carbons (Fsp3) is 0.130. The summed E-state index contributed by atoms with van der Waals surface area (Å²) in [7, 11) is 0. The second-order valence-electron chi connectivity index (χ2n) is 6.72. The maximum atomic E-state index is 5.89. The molecule has 30 heavy (non-hydrogen) atoms. The van der Waals surface area contributed by atoms with Crippen LogP contribution in [0.4, 0.5) is 0 Å². The molecule has 0 aliphatic heterocycles. The zero-order valence-electron chi connectivity index (χ0n) is 16.7. The maximum Gasteiger partial charge on any atom is 0.155 e. The van der Waals surface area contributed by atoms with Crippen molar-refractivity contribution in [1.29, 1.82) is 0 Å². The number of amidine groups is 1. The van der Waals surface area contributed by atoms with Gasteiger partial charge >= 0.3 is 0 Å². The third-order valence-corrected chi connectivity index (χ3v) is 4.41. The van der Waals surface area contributed by atoms with E-state index in [0.717, 1.165) is 28.3 Å². The number of pyridine rings is 2. The SMILES string of the molecule is C=C(NC(COc1ccccc1)=NCc1cccc(C)n1)c1ccc2ncnn2c1. The number of aryl methyl sites for hydroxylation is 1. The molecule has 0 bridgehead atoms. The van der Waals surface area contributed by atoms with Gasteiger partial charge < -0.3 is 10.1 Å². The summed E-state index contributed by atoms with van der Waals surface area (Å²) < 4.78 is 7.60. The van der Waals surface area contributed by atoms with Crippen molar-refractivity contribution in [2.24, 2.45) is 4.99 Å². The number of aliphatic imine (C=N–C) groups is 1. The average Bonchev–Trinajstić information content (AvgIpc) is 3.24. The van der Waals surface area contributed by atoms with E-state index in [2.05, 4.69) is 27.0 Å². The lowest BCUT2D eigenvalue weighted by Gasteiger charge is -2.14. The first kappa shape index (κ1) is 19.3. The minimum atomic E-state index is 0.278. The van der Waals surface area contributed by atoms with Crippen molar-refractivity contribution in [2.75, 3.05) is 6.61 Å². The summed E-state index contributed by atoms with van der Waals surface area (Å²) in [5, 5.41) is 7.46. The lowest BCUT2D eigenvalue weighted by Crippen LogP contribution is -2.28. The molecule has 0 amide bonds. The molecule has 0 fully saturated rings. The molecule has 3 heterocycles. The lowest BCUT2D eigenvalue weighted by atomic mass is 10.2. The van der Waals surface area contributed by atoms with Crippen LogP contribution in [0.15, 0.2) is 84.8 Å². The first-order chi connectivity index (χ1) is 14.7. The molecule has 0 aliphatic rings. The summed E-state index contributed by atoms with van der Waals surface area (Å²) in [6.45, 7) is 6.84. The second-order valence-corrected chi connectivity index (χ2v) is 6.72. The van der Waals surface area contributed by atoms with Crippen molar-refractivity contribution in [1.82, 2.24) is 24.9 Å². The Kier molecular flexibility index (Phi) is 5.80. The van der Waals surface area contributed by atoms with Crippen LogP contribution in [0.25, 0.3) is 11.3 Å². The van der Waals surface area contributed by atoms with Crippen molar-refractivity contribution in [3.8, 4) is 5.75 Å². The molecule has 1 aromatic carbocycles. The monoisotopic (exact) mass is 398 g/mol. The van der Waals surface area contributed by atoms with E-state index in [1.54, 1.807) is 4.52 Å². The van der Waals surface area contributed by atoms with Crippen LogP contribution < -0.4 is 10.1 Å². The van der Waals surface area contributed by atoms with Gasteiger partial charge in [0.25, 0.3) is 0 Å². The van der Waals surface area contributed by atoms with Gasteiger partial charge in [0, 0.05) is 23.2 Å². The van der Waals surface area contributed by atoms with Crippen LogP contribution in [0.2, 0.25) is 0 Å². The molecule has 4 rings (SSSR count). The number of nitrogens with one attached hydrogen (secondary N) is 1. The number of nitrogens with zero attached hydrogens (tertiary/aromatic N) is 5. The van der Waals surface area contributed by atoms with E-state index in [-0.39, 0.29) is 6.61 Å². The maximum absolute atomic E-state index is 5.89. The van der Waals surface area contributed by atoms with Gasteiger partial charge in [-0.2, -0.15) is 5.10 Å². The van der Waals surface area contributed by atoms with Gasteiger partial charge in [0.05, 0.1) is 12.2 Å². The highest BCUT2D eigenvalue weighted by Crippen LogP contribution is 2.12. The Hall–Kier alpha value is -4.00. The van der Waals surface area contributed by atoms with Gasteiger partial charge in [-0.15, -0.1) is 0 Å². The van der Waals surface area contributed by atoms with Gasteiger partial charge in [0.15, 0.2) is 5.65 Å². The largest absolute Gasteiger partial charge is 0.486 e. The standard InChI is InChI=1S/C23H22N6O/c1-17-7-6-8-20(27-17)13-24-22(15-30-21-9-4-3-5-10-21)28-18(2)19-11-12-23-25-16-26-29(23)14-19/h3-12,14,16H,2,13,15H2,1H3,(H,24,28). The van der Waals surface area contributed by atoms with Gasteiger partial charge in [-0.3, -0.25) is 9.98 Å². The Labute approximate surface area is 174 Å². The van der Waals surface area contributed by atoms with E-state index in [4.69, 9.17) is 9.73 Å². The van der Waals surface area contributed by atoms with E-state index < -0.39 is 0 Å². The smallest absolute Gasteiger partial charge is 0.155 e. The Bertz CT molecular complexity index is 1180. The Morgan fingerprint density at radius 1 is 1.10 bits per heavy atom. The van der Waals surface area contributed by atoms with Gasteiger partial charge in [0.2, 0.25) is 0 Å². The summed E-state index contributed by atoms with van der Waals surface area (Å²) in [4.78, 5) is 13.4. The molecule has 0 saturated carbocycles. The Balaban J connectivity index is 1.51. The van der Waals surface area contributed by atoms with Gasteiger partial charge in [-0.1, -0.05) is 30.8 Å². The van der Waals surface area contributed by atoms with Crippen LogP contribution in [0.3, 0.4) is 0 Å². The molecule has 0 saturated heterocycles. The van der Waals surface area contributed by atoms with Gasteiger partial charge in [-0.25, -0.2) is 9.50 Å². The highest BCUT2D eigenvalue weighted by Gasteiger charge is 2.07. The minimum Gasteiger partial charge on any atom is -0.486 e. The zero-order valence-corrected chi connectivity index (χ0v) is 16.7. The first-order valence-electron chi connectivity index (χ1n) is 9.57. The molecule has 0 aliphatic carbocycles. The van der Waals surface area contributed by atoms with Crippen LogP contribution in [-0.2, 0) is 6.54 Å². The van der Waals surface area contributed by atoms with E-state index in [1.807, 2.05) is 73.8 Å². The number of hydrogen-bond acceptors (Lipinski definition) is 5. The highest BCUT2D eigenvalue weighted by atomic mass is 16.5.